The van der Waals surface area contributed by atoms with Gasteiger partial charge in [0.25, 0.3) is 11.5 Å². The summed E-state index contributed by atoms with van der Waals surface area (Å²) in [4.78, 5) is 32.7. The van der Waals surface area contributed by atoms with Crippen molar-refractivity contribution in [2.24, 2.45) is 0 Å². The number of likely N-dealkylation sites (tertiary alicyclic amines) is 1. The van der Waals surface area contributed by atoms with Gasteiger partial charge in [-0.3, -0.25) is 14.7 Å². The maximum absolute atomic E-state index is 13.5. The summed E-state index contributed by atoms with van der Waals surface area (Å²) in [5.74, 6) is 1.15. The lowest BCUT2D eigenvalue weighted by molar-refractivity contribution is 0.0732. The minimum atomic E-state index is -0.187. The van der Waals surface area contributed by atoms with Gasteiger partial charge in [0.2, 0.25) is 5.75 Å². The molecule has 1 atom stereocenters. The van der Waals surface area contributed by atoms with Gasteiger partial charge in [0.15, 0.2) is 17.1 Å². The fraction of sp³-hybridized carbons (Fsp3) is 0.435. The van der Waals surface area contributed by atoms with E-state index in [1.165, 1.54) is 25.8 Å². The minimum Gasteiger partial charge on any atom is -0.493 e. The van der Waals surface area contributed by atoms with E-state index in [1.807, 2.05) is 24.8 Å². The number of hydrogen-bond acceptors (Lipinski definition) is 6. The summed E-state index contributed by atoms with van der Waals surface area (Å²) in [6.07, 6.45) is 2.26. The Kier molecular flexibility index (Phi) is 5.82. The summed E-state index contributed by atoms with van der Waals surface area (Å²) >= 11 is 0. The van der Waals surface area contributed by atoms with Gasteiger partial charge in [-0.2, -0.15) is 0 Å². The van der Waals surface area contributed by atoms with Crippen molar-refractivity contribution in [1.29, 1.82) is 0 Å². The molecule has 0 bridgehead atoms. The smallest absolute Gasteiger partial charge is 0.276 e. The Bertz CT molecular complexity index is 1200. The van der Waals surface area contributed by atoms with E-state index in [1.54, 1.807) is 12.1 Å². The maximum Gasteiger partial charge on any atom is 0.276 e. The lowest BCUT2D eigenvalue weighted by Gasteiger charge is -2.24. The van der Waals surface area contributed by atoms with Crippen LogP contribution >= 0.6 is 0 Å². The van der Waals surface area contributed by atoms with Gasteiger partial charge in [0.1, 0.15) is 0 Å². The second-order valence-electron chi connectivity index (χ2n) is 7.81. The van der Waals surface area contributed by atoms with Crippen molar-refractivity contribution < 1.29 is 19.0 Å². The Balaban J connectivity index is 1.72. The summed E-state index contributed by atoms with van der Waals surface area (Å²) in [6, 6.07) is 4.99. The molecule has 170 valence electrons. The van der Waals surface area contributed by atoms with Gasteiger partial charge in [0, 0.05) is 29.4 Å². The fourth-order valence-electron chi connectivity index (χ4n) is 4.47. The van der Waals surface area contributed by atoms with Crippen LogP contribution in [0.15, 0.2) is 23.0 Å². The minimum absolute atomic E-state index is 0.0956. The molecule has 0 spiro atoms. The number of methoxy groups -OCH3 is 3. The van der Waals surface area contributed by atoms with Crippen LogP contribution in [0.2, 0.25) is 0 Å². The molecule has 0 saturated carbocycles. The van der Waals surface area contributed by atoms with E-state index in [0.29, 0.717) is 47.0 Å². The third-order valence-electron chi connectivity index (χ3n) is 6.07. The van der Waals surface area contributed by atoms with Crippen molar-refractivity contribution in [3.05, 3.63) is 51.1 Å². The normalized spacial score (nSPS) is 15.9. The molecular weight excluding hydrogens is 412 g/mol. The van der Waals surface area contributed by atoms with Crippen LogP contribution in [-0.2, 0) is 6.42 Å². The first-order valence-electron chi connectivity index (χ1n) is 10.7. The van der Waals surface area contributed by atoms with Gasteiger partial charge in [-0.25, -0.2) is 9.50 Å². The average molecular weight is 441 g/mol. The number of nitrogens with one attached hydrogen (secondary N) is 1. The van der Waals surface area contributed by atoms with Crippen LogP contribution in [0.25, 0.3) is 5.65 Å². The van der Waals surface area contributed by atoms with E-state index in [2.05, 4.69) is 10.1 Å². The topological polar surface area (TPSA) is 98.2 Å². The molecule has 3 heterocycles. The molecule has 0 aliphatic carbocycles. The van der Waals surface area contributed by atoms with Gasteiger partial charge < -0.3 is 19.1 Å². The molecule has 2 aromatic heterocycles. The summed E-state index contributed by atoms with van der Waals surface area (Å²) < 4.78 is 17.6. The van der Waals surface area contributed by atoms with Gasteiger partial charge in [-0.1, -0.05) is 6.92 Å². The number of rotatable bonds is 6. The predicted molar refractivity (Wildman–Crippen MR) is 119 cm³/mol. The molecule has 1 saturated heterocycles. The van der Waals surface area contributed by atoms with Crippen molar-refractivity contribution in [3.63, 3.8) is 0 Å². The van der Waals surface area contributed by atoms with Crippen LogP contribution in [0.5, 0.6) is 17.2 Å². The van der Waals surface area contributed by atoms with Gasteiger partial charge in [0.05, 0.1) is 33.1 Å². The standard InChI is InChI=1S/C23H28N4O5/c1-6-15-13(2)24-20-12-16(25-27(20)23(15)29)17-8-7-9-26(17)22(28)14-10-18(30-3)21(32-5)19(11-14)31-4/h10-12,17,25H,6-9H2,1-5H3. The third-order valence-corrected chi connectivity index (χ3v) is 6.07. The molecule has 0 radical (unpaired) electrons. The van der Waals surface area contributed by atoms with Crippen LogP contribution in [-0.4, -0.2) is 53.3 Å². The van der Waals surface area contributed by atoms with Gasteiger partial charge >= 0.3 is 0 Å². The molecule has 1 N–H and O–H groups in total. The van der Waals surface area contributed by atoms with E-state index in [0.717, 1.165) is 24.2 Å². The number of benzene rings is 1. The number of ether oxygens (including phenoxy) is 3. The highest BCUT2D eigenvalue weighted by molar-refractivity contribution is 5.96. The Labute approximate surface area is 185 Å². The van der Waals surface area contributed by atoms with Crippen molar-refractivity contribution in [2.75, 3.05) is 27.9 Å². The first-order valence-corrected chi connectivity index (χ1v) is 10.7. The van der Waals surface area contributed by atoms with Crippen molar-refractivity contribution >= 4 is 11.6 Å². The van der Waals surface area contributed by atoms with Crippen molar-refractivity contribution in [2.45, 2.75) is 39.2 Å². The third kappa shape index (κ3) is 3.47. The first kappa shape index (κ1) is 21.7. The molecule has 1 aromatic carbocycles. The van der Waals surface area contributed by atoms with E-state index < -0.39 is 0 Å². The average Bonchev–Trinajstić information content (AvgIpc) is 3.44. The van der Waals surface area contributed by atoms with E-state index in [9.17, 15) is 9.59 Å². The van der Waals surface area contributed by atoms with Crippen LogP contribution in [0.3, 0.4) is 0 Å². The predicted octanol–water partition coefficient (Wildman–Crippen LogP) is 2.90. The molecule has 1 fully saturated rings. The number of aryl methyl sites for hydroxylation is 1. The summed E-state index contributed by atoms with van der Waals surface area (Å²) in [7, 11) is 4.56. The Morgan fingerprint density at radius 2 is 1.84 bits per heavy atom. The number of H-pyrrole nitrogens is 1. The Hall–Kier alpha value is -3.49. The molecule has 1 aliphatic rings. The number of nitrogens with zero attached hydrogens (tertiary/aromatic N) is 3. The van der Waals surface area contributed by atoms with E-state index in [4.69, 9.17) is 14.2 Å². The van der Waals surface area contributed by atoms with Crippen LogP contribution in [0.1, 0.15) is 53.1 Å². The fourth-order valence-corrected chi connectivity index (χ4v) is 4.47. The molecule has 4 rings (SSSR count). The highest BCUT2D eigenvalue weighted by atomic mass is 16.5. The second-order valence-corrected chi connectivity index (χ2v) is 7.81. The number of carbonyl (C=O) groups is 1. The number of carbonyl (C=O) groups excluding carboxylic acids is 1. The van der Waals surface area contributed by atoms with Crippen LogP contribution in [0, 0.1) is 6.92 Å². The highest BCUT2D eigenvalue weighted by Gasteiger charge is 2.33. The first-order chi connectivity index (χ1) is 15.4. The van der Waals surface area contributed by atoms with Gasteiger partial charge in [-0.15, -0.1) is 0 Å². The highest BCUT2D eigenvalue weighted by Crippen LogP contribution is 2.40. The molecule has 9 heteroatoms. The summed E-state index contributed by atoms with van der Waals surface area (Å²) in [5, 5.41) is 3.19. The lowest BCUT2D eigenvalue weighted by Crippen LogP contribution is -2.31. The quantitative estimate of drug-likeness (QED) is 0.633. The van der Waals surface area contributed by atoms with E-state index >= 15 is 0 Å². The monoisotopic (exact) mass is 440 g/mol. The Morgan fingerprint density at radius 3 is 2.44 bits per heavy atom. The number of fused-ring (bicyclic) bond motifs is 1. The number of amides is 1. The molecule has 32 heavy (non-hydrogen) atoms. The Morgan fingerprint density at radius 1 is 1.16 bits per heavy atom. The maximum atomic E-state index is 13.5. The lowest BCUT2D eigenvalue weighted by atomic mass is 10.1. The zero-order valence-corrected chi connectivity index (χ0v) is 19.0. The summed E-state index contributed by atoms with van der Waals surface area (Å²) in [5.41, 5.74) is 3.13. The SMILES string of the molecule is CCc1c(C)nc2cc(C3CCCN3C(=O)c3cc(OC)c(OC)c(OC)c3)[nH]n2c1=O. The molecule has 9 nitrogen and oxygen atoms in total. The van der Waals surface area contributed by atoms with Crippen LogP contribution in [0.4, 0.5) is 0 Å². The number of aromatic nitrogens is 3. The van der Waals surface area contributed by atoms with E-state index in [-0.39, 0.29) is 17.5 Å². The number of aromatic amines is 1. The molecule has 1 unspecified atom stereocenters. The largest absolute Gasteiger partial charge is 0.493 e. The molecule has 1 aliphatic heterocycles. The molecule has 3 aromatic rings. The molecular formula is C23H28N4O5. The van der Waals surface area contributed by atoms with Crippen LogP contribution < -0.4 is 19.8 Å². The zero-order valence-electron chi connectivity index (χ0n) is 19.0. The van der Waals surface area contributed by atoms with Crippen molar-refractivity contribution in [3.8, 4) is 17.2 Å². The van der Waals surface area contributed by atoms with Crippen molar-refractivity contribution in [1.82, 2.24) is 19.5 Å². The molecule has 1 amide bonds. The second kappa shape index (κ2) is 8.57. The zero-order chi connectivity index (χ0) is 23.0. The van der Waals surface area contributed by atoms with Gasteiger partial charge in [-0.05, 0) is 38.3 Å². The summed E-state index contributed by atoms with van der Waals surface area (Å²) in [6.45, 7) is 4.40. The number of hydrogen-bond donors (Lipinski definition) is 1.